The molecule has 1 amide bonds. The monoisotopic (exact) mass is 396 g/mol. The van der Waals surface area contributed by atoms with E-state index in [-0.39, 0.29) is 16.3 Å². The summed E-state index contributed by atoms with van der Waals surface area (Å²) in [6, 6.07) is 11.1. The number of amides is 1. The van der Waals surface area contributed by atoms with E-state index in [0.717, 1.165) is 42.9 Å². The van der Waals surface area contributed by atoms with Gasteiger partial charge >= 0.3 is 0 Å². The molecular formula is C20H17ClN4O3. The van der Waals surface area contributed by atoms with Gasteiger partial charge < -0.3 is 9.88 Å². The highest BCUT2D eigenvalue weighted by Gasteiger charge is 2.19. The van der Waals surface area contributed by atoms with Crippen LogP contribution in [0.25, 0.3) is 11.3 Å². The van der Waals surface area contributed by atoms with Crippen LogP contribution in [0.2, 0.25) is 5.02 Å². The number of benzene rings is 2. The minimum absolute atomic E-state index is 0.0507. The van der Waals surface area contributed by atoms with Crippen LogP contribution in [0.5, 0.6) is 0 Å². The van der Waals surface area contributed by atoms with E-state index >= 15 is 0 Å². The van der Waals surface area contributed by atoms with Gasteiger partial charge in [0.25, 0.3) is 11.6 Å². The number of carbonyl (C=O) groups is 1. The number of non-ortho nitro benzene ring substituents is 1. The first-order chi connectivity index (χ1) is 13.5. The fourth-order valence-electron chi connectivity index (χ4n) is 3.35. The molecule has 0 saturated carbocycles. The molecule has 1 N–H and O–H groups in total. The van der Waals surface area contributed by atoms with Crippen LogP contribution in [0.15, 0.2) is 48.7 Å². The molecule has 0 spiro atoms. The molecule has 2 heterocycles. The molecule has 2 aromatic carbocycles. The van der Waals surface area contributed by atoms with Gasteiger partial charge in [0.05, 0.1) is 26.9 Å². The lowest BCUT2D eigenvalue weighted by molar-refractivity contribution is -0.384. The molecular weight excluding hydrogens is 380 g/mol. The van der Waals surface area contributed by atoms with Crippen molar-refractivity contribution in [2.45, 2.75) is 25.8 Å². The summed E-state index contributed by atoms with van der Waals surface area (Å²) in [5.41, 5.74) is 2.02. The Labute approximate surface area is 166 Å². The lowest BCUT2D eigenvalue weighted by Gasteiger charge is -2.11. The number of imidazole rings is 1. The number of nitro benzene ring substituents is 1. The number of halogens is 1. The standard InChI is InChI=1S/C20H17ClN4O3/c21-16-9-8-13(25(27)28)11-15(16)20(26)23-17-6-2-1-5-14(17)18-12-24-10-4-3-7-19(24)22-18/h1-2,5-6,8-9,11-12H,3-4,7,10H2,(H,23,26). The maximum Gasteiger partial charge on any atom is 0.270 e. The molecule has 3 aromatic rings. The first-order valence-electron chi connectivity index (χ1n) is 8.93. The van der Waals surface area contributed by atoms with Crippen molar-refractivity contribution in [3.8, 4) is 11.3 Å². The summed E-state index contributed by atoms with van der Waals surface area (Å²) in [4.78, 5) is 27.9. The first kappa shape index (κ1) is 18.2. The SMILES string of the molecule is O=C(Nc1ccccc1-c1cn2c(n1)CCCC2)c1cc([N+](=O)[O-])ccc1Cl. The summed E-state index contributed by atoms with van der Waals surface area (Å²) >= 11 is 6.09. The average Bonchev–Trinajstić information content (AvgIpc) is 3.12. The molecule has 0 saturated heterocycles. The molecule has 8 heteroatoms. The van der Waals surface area contributed by atoms with Crippen molar-refractivity contribution >= 4 is 28.9 Å². The molecule has 7 nitrogen and oxygen atoms in total. The minimum Gasteiger partial charge on any atom is -0.334 e. The van der Waals surface area contributed by atoms with Crippen LogP contribution >= 0.6 is 11.6 Å². The van der Waals surface area contributed by atoms with Crippen LogP contribution in [-0.4, -0.2) is 20.4 Å². The van der Waals surface area contributed by atoms with Crippen LogP contribution in [-0.2, 0) is 13.0 Å². The molecule has 0 radical (unpaired) electrons. The second-order valence-corrected chi connectivity index (χ2v) is 7.02. The number of hydrogen-bond donors (Lipinski definition) is 1. The number of anilines is 1. The highest BCUT2D eigenvalue weighted by atomic mass is 35.5. The van der Waals surface area contributed by atoms with Gasteiger partial charge in [-0.2, -0.15) is 0 Å². The van der Waals surface area contributed by atoms with E-state index in [2.05, 4.69) is 9.88 Å². The molecule has 142 valence electrons. The number of nitrogens with zero attached hydrogens (tertiary/aromatic N) is 3. The Balaban J connectivity index is 1.66. The predicted octanol–water partition coefficient (Wildman–Crippen LogP) is 4.70. The number of para-hydroxylation sites is 1. The number of fused-ring (bicyclic) bond motifs is 1. The number of nitrogens with one attached hydrogen (secondary N) is 1. The summed E-state index contributed by atoms with van der Waals surface area (Å²) in [5.74, 6) is 0.536. The highest BCUT2D eigenvalue weighted by Crippen LogP contribution is 2.30. The second kappa shape index (κ2) is 7.44. The smallest absolute Gasteiger partial charge is 0.270 e. The van der Waals surface area contributed by atoms with Crippen molar-refractivity contribution in [1.82, 2.24) is 9.55 Å². The van der Waals surface area contributed by atoms with Gasteiger partial charge in [-0.15, -0.1) is 0 Å². The fourth-order valence-corrected chi connectivity index (χ4v) is 3.55. The van der Waals surface area contributed by atoms with Crippen molar-refractivity contribution < 1.29 is 9.72 Å². The van der Waals surface area contributed by atoms with E-state index in [9.17, 15) is 14.9 Å². The summed E-state index contributed by atoms with van der Waals surface area (Å²) in [6.45, 7) is 0.945. The van der Waals surface area contributed by atoms with Crippen LogP contribution in [0.3, 0.4) is 0 Å². The van der Waals surface area contributed by atoms with Gasteiger partial charge in [0.15, 0.2) is 0 Å². The molecule has 0 aliphatic carbocycles. The van der Waals surface area contributed by atoms with Gasteiger partial charge in [0, 0.05) is 36.9 Å². The second-order valence-electron chi connectivity index (χ2n) is 6.61. The minimum atomic E-state index is -0.559. The van der Waals surface area contributed by atoms with Gasteiger partial charge in [-0.05, 0) is 25.0 Å². The van der Waals surface area contributed by atoms with Crippen LogP contribution in [0, 0.1) is 10.1 Å². The van der Waals surface area contributed by atoms with Gasteiger partial charge in [0.2, 0.25) is 0 Å². The molecule has 0 atom stereocenters. The maximum absolute atomic E-state index is 12.7. The molecule has 28 heavy (non-hydrogen) atoms. The Hall–Kier alpha value is -3.19. The lowest BCUT2D eigenvalue weighted by Crippen LogP contribution is -2.13. The molecule has 1 aliphatic rings. The molecule has 0 fully saturated rings. The topological polar surface area (TPSA) is 90.1 Å². The van der Waals surface area contributed by atoms with E-state index in [4.69, 9.17) is 16.6 Å². The molecule has 4 rings (SSSR count). The number of rotatable bonds is 4. The number of nitro groups is 1. The van der Waals surface area contributed by atoms with E-state index in [1.165, 1.54) is 18.2 Å². The Bertz CT molecular complexity index is 1050. The third-order valence-corrected chi connectivity index (χ3v) is 5.09. The fraction of sp³-hybridized carbons (Fsp3) is 0.200. The number of aromatic nitrogens is 2. The zero-order valence-electron chi connectivity index (χ0n) is 14.9. The summed E-state index contributed by atoms with van der Waals surface area (Å²) in [6.07, 6.45) is 5.20. The molecule has 1 aliphatic heterocycles. The van der Waals surface area contributed by atoms with Crippen molar-refractivity contribution in [2.24, 2.45) is 0 Å². The quantitative estimate of drug-likeness (QED) is 0.511. The zero-order chi connectivity index (χ0) is 19.7. The van der Waals surface area contributed by atoms with E-state index < -0.39 is 10.8 Å². The Morgan fingerprint density at radius 2 is 2.04 bits per heavy atom. The van der Waals surface area contributed by atoms with Crippen molar-refractivity contribution in [1.29, 1.82) is 0 Å². The van der Waals surface area contributed by atoms with Gasteiger partial charge in [-0.25, -0.2) is 4.98 Å². The third kappa shape index (κ3) is 3.48. The maximum atomic E-state index is 12.7. The van der Waals surface area contributed by atoms with Crippen LogP contribution in [0.4, 0.5) is 11.4 Å². The van der Waals surface area contributed by atoms with Crippen molar-refractivity contribution in [2.75, 3.05) is 5.32 Å². The normalized spacial score (nSPS) is 13.0. The van der Waals surface area contributed by atoms with E-state index in [0.29, 0.717) is 5.69 Å². The number of aryl methyl sites for hydroxylation is 2. The van der Waals surface area contributed by atoms with Gasteiger partial charge in [-0.3, -0.25) is 14.9 Å². The Morgan fingerprint density at radius 3 is 2.82 bits per heavy atom. The third-order valence-electron chi connectivity index (χ3n) is 4.77. The first-order valence-corrected chi connectivity index (χ1v) is 9.31. The largest absolute Gasteiger partial charge is 0.334 e. The van der Waals surface area contributed by atoms with E-state index in [1.54, 1.807) is 6.07 Å². The Morgan fingerprint density at radius 1 is 1.21 bits per heavy atom. The van der Waals surface area contributed by atoms with Crippen LogP contribution in [0.1, 0.15) is 29.0 Å². The summed E-state index contributed by atoms with van der Waals surface area (Å²) in [7, 11) is 0. The van der Waals surface area contributed by atoms with Crippen LogP contribution < -0.4 is 5.32 Å². The molecule has 1 aromatic heterocycles. The molecule has 0 unspecified atom stereocenters. The summed E-state index contributed by atoms with van der Waals surface area (Å²) in [5, 5.41) is 14.0. The molecule has 0 bridgehead atoms. The zero-order valence-corrected chi connectivity index (χ0v) is 15.6. The Kier molecular flexibility index (Phi) is 4.83. The highest BCUT2D eigenvalue weighted by molar-refractivity contribution is 6.34. The van der Waals surface area contributed by atoms with E-state index in [1.807, 2.05) is 24.4 Å². The predicted molar refractivity (Wildman–Crippen MR) is 107 cm³/mol. The van der Waals surface area contributed by atoms with Gasteiger partial charge in [0.1, 0.15) is 5.82 Å². The number of hydrogen-bond acceptors (Lipinski definition) is 4. The van der Waals surface area contributed by atoms with Crippen molar-refractivity contribution in [3.63, 3.8) is 0 Å². The average molecular weight is 397 g/mol. The number of carbonyl (C=O) groups excluding carboxylic acids is 1. The van der Waals surface area contributed by atoms with Crippen molar-refractivity contribution in [3.05, 3.63) is 75.2 Å². The summed E-state index contributed by atoms with van der Waals surface area (Å²) < 4.78 is 2.15. The lowest BCUT2D eigenvalue weighted by atomic mass is 10.1. The van der Waals surface area contributed by atoms with Gasteiger partial charge in [-0.1, -0.05) is 29.8 Å².